The topological polar surface area (TPSA) is 94.3 Å². The van der Waals surface area contributed by atoms with Crippen LogP contribution in [0, 0.1) is 0 Å². The third kappa shape index (κ3) is 4.99. The molecule has 0 amide bonds. The number of nitrogens with one attached hydrogen (secondary N) is 1. The van der Waals surface area contributed by atoms with E-state index in [4.69, 9.17) is 10.5 Å². The molecule has 18 heavy (non-hydrogen) atoms. The Morgan fingerprint density at radius 3 is 2.89 bits per heavy atom. The second-order valence-corrected chi connectivity index (χ2v) is 5.55. The van der Waals surface area contributed by atoms with E-state index >= 15 is 0 Å². The molecule has 0 aliphatic heterocycles. The first kappa shape index (κ1) is 14.9. The molecule has 0 unspecified atom stereocenters. The largest absolute Gasteiger partial charge is 0.384 e. The van der Waals surface area contributed by atoms with E-state index in [1.54, 1.807) is 0 Å². The van der Waals surface area contributed by atoms with Crippen molar-refractivity contribution in [1.82, 2.24) is 9.71 Å². The number of hydrogen-bond acceptors (Lipinski definition) is 5. The van der Waals surface area contributed by atoms with Crippen LogP contribution in [-0.4, -0.2) is 33.2 Å². The van der Waals surface area contributed by atoms with Gasteiger partial charge in [-0.15, -0.1) is 0 Å². The first-order valence-corrected chi connectivity index (χ1v) is 7.33. The molecular weight excluding hydrogens is 254 g/mol. The number of nitrogens with two attached hydrogens (primary N) is 1. The second kappa shape index (κ2) is 7.30. The fraction of sp³-hybridized carbons (Fsp3) is 0.545. The van der Waals surface area contributed by atoms with Crippen molar-refractivity contribution in [2.45, 2.75) is 24.7 Å². The summed E-state index contributed by atoms with van der Waals surface area (Å²) in [6.45, 7) is 3.33. The maximum absolute atomic E-state index is 11.8. The standard InChI is InChI=1S/C11H19N3O3S/c1-2-3-7-17-8-6-14-18(15,16)10-4-5-13-11(12)9-10/h4-5,9,14H,2-3,6-8H2,1H3,(H2,12,13). The van der Waals surface area contributed by atoms with Gasteiger partial charge in [0.1, 0.15) is 5.82 Å². The van der Waals surface area contributed by atoms with Crippen LogP contribution in [0.5, 0.6) is 0 Å². The van der Waals surface area contributed by atoms with Crippen molar-refractivity contribution in [2.24, 2.45) is 0 Å². The highest BCUT2D eigenvalue weighted by Gasteiger charge is 2.13. The number of ether oxygens (including phenoxy) is 1. The number of nitrogens with zero attached hydrogens (tertiary/aromatic N) is 1. The van der Waals surface area contributed by atoms with Gasteiger partial charge >= 0.3 is 0 Å². The van der Waals surface area contributed by atoms with E-state index < -0.39 is 10.0 Å². The van der Waals surface area contributed by atoms with E-state index in [0.717, 1.165) is 12.8 Å². The van der Waals surface area contributed by atoms with E-state index in [0.29, 0.717) is 13.2 Å². The van der Waals surface area contributed by atoms with E-state index in [9.17, 15) is 8.42 Å². The molecular formula is C11H19N3O3S. The summed E-state index contributed by atoms with van der Waals surface area (Å²) in [5.41, 5.74) is 5.44. The minimum atomic E-state index is -3.53. The van der Waals surface area contributed by atoms with Crippen LogP contribution < -0.4 is 10.5 Å². The smallest absolute Gasteiger partial charge is 0.240 e. The molecule has 1 heterocycles. The summed E-state index contributed by atoms with van der Waals surface area (Å²) in [6.07, 6.45) is 3.40. The molecule has 0 aliphatic rings. The zero-order valence-electron chi connectivity index (χ0n) is 10.4. The first-order chi connectivity index (χ1) is 8.56. The SMILES string of the molecule is CCCCOCCNS(=O)(=O)c1ccnc(N)c1. The Hall–Kier alpha value is -1.18. The summed E-state index contributed by atoms with van der Waals surface area (Å²) in [4.78, 5) is 3.86. The van der Waals surface area contributed by atoms with Gasteiger partial charge in [0.15, 0.2) is 0 Å². The monoisotopic (exact) mass is 273 g/mol. The number of hydrogen-bond donors (Lipinski definition) is 2. The highest BCUT2D eigenvalue weighted by atomic mass is 32.2. The van der Waals surface area contributed by atoms with Crippen molar-refractivity contribution in [3.8, 4) is 0 Å². The molecule has 0 bridgehead atoms. The molecule has 3 N–H and O–H groups in total. The molecule has 0 saturated heterocycles. The number of nitrogen functional groups attached to an aromatic ring is 1. The van der Waals surface area contributed by atoms with Gasteiger partial charge in [0.05, 0.1) is 11.5 Å². The molecule has 0 saturated carbocycles. The number of anilines is 1. The Balaban J connectivity index is 2.41. The fourth-order valence-corrected chi connectivity index (χ4v) is 2.31. The van der Waals surface area contributed by atoms with Crippen LogP contribution in [-0.2, 0) is 14.8 Å². The molecule has 0 spiro atoms. The van der Waals surface area contributed by atoms with Crippen LogP contribution in [0.1, 0.15) is 19.8 Å². The summed E-state index contributed by atoms with van der Waals surface area (Å²) >= 11 is 0. The van der Waals surface area contributed by atoms with Crippen LogP contribution in [0.3, 0.4) is 0 Å². The summed E-state index contributed by atoms with van der Waals surface area (Å²) < 4.78 is 31.4. The molecule has 6 nitrogen and oxygen atoms in total. The van der Waals surface area contributed by atoms with Crippen molar-refractivity contribution in [3.05, 3.63) is 18.3 Å². The number of unbranched alkanes of at least 4 members (excludes halogenated alkanes) is 1. The predicted octanol–water partition coefficient (Wildman–Crippen LogP) is 0.759. The van der Waals surface area contributed by atoms with Crippen molar-refractivity contribution in [3.63, 3.8) is 0 Å². The minimum Gasteiger partial charge on any atom is -0.384 e. The van der Waals surface area contributed by atoms with Crippen molar-refractivity contribution in [1.29, 1.82) is 0 Å². The average molecular weight is 273 g/mol. The maximum atomic E-state index is 11.8. The quantitative estimate of drug-likeness (QED) is 0.682. The highest BCUT2D eigenvalue weighted by molar-refractivity contribution is 7.89. The van der Waals surface area contributed by atoms with E-state index in [1.807, 2.05) is 0 Å². The summed E-state index contributed by atoms with van der Waals surface area (Å²) in [5, 5.41) is 0. The van der Waals surface area contributed by atoms with Gasteiger partial charge in [-0.2, -0.15) is 0 Å². The van der Waals surface area contributed by atoms with Gasteiger partial charge in [0.25, 0.3) is 0 Å². The highest BCUT2D eigenvalue weighted by Crippen LogP contribution is 2.09. The van der Waals surface area contributed by atoms with Crippen LogP contribution >= 0.6 is 0 Å². The van der Waals surface area contributed by atoms with Crippen molar-refractivity contribution < 1.29 is 13.2 Å². The molecule has 1 aromatic rings. The molecule has 0 aliphatic carbocycles. The van der Waals surface area contributed by atoms with Gasteiger partial charge in [0, 0.05) is 25.4 Å². The van der Waals surface area contributed by atoms with Gasteiger partial charge in [-0.3, -0.25) is 0 Å². The van der Waals surface area contributed by atoms with E-state index in [-0.39, 0.29) is 17.3 Å². The second-order valence-electron chi connectivity index (χ2n) is 3.78. The lowest BCUT2D eigenvalue weighted by Gasteiger charge is -2.07. The lowest BCUT2D eigenvalue weighted by atomic mass is 10.4. The van der Waals surface area contributed by atoms with Gasteiger partial charge in [-0.25, -0.2) is 18.1 Å². The van der Waals surface area contributed by atoms with Gasteiger partial charge in [-0.05, 0) is 12.5 Å². The molecule has 0 aromatic carbocycles. The number of rotatable bonds is 8. The fourth-order valence-electron chi connectivity index (χ4n) is 1.28. The summed E-state index contributed by atoms with van der Waals surface area (Å²) in [5.74, 6) is 0.178. The molecule has 0 fully saturated rings. The Morgan fingerprint density at radius 2 is 2.22 bits per heavy atom. The van der Waals surface area contributed by atoms with Gasteiger partial charge in [0.2, 0.25) is 10.0 Å². The zero-order chi connectivity index (χ0) is 13.4. The molecule has 7 heteroatoms. The number of pyridine rings is 1. The summed E-state index contributed by atoms with van der Waals surface area (Å²) in [7, 11) is -3.53. The average Bonchev–Trinajstić information content (AvgIpc) is 2.33. The minimum absolute atomic E-state index is 0.114. The molecule has 0 radical (unpaired) electrons. The van der Waals surface area contributed by atoms with Gasteiger partial charge < -0.3 is 10.5 Å². The molecule has 1 rings (SSSR count). The van der Waals surface area contributed by atoms with E-state index in [2.05, 4.69) is 16.6 Å². The molecule has 0 atom stereocenters. The Kier molecular flexibility index (Phi) is 6.03. The van der Waals surface area contributed by atoms with Crippen LogP contribution in [0.25, 0.3) is 0 Å². The molecule has 1 aromatic heterocycles. The van der Waals surface area contributed by atoms with Crippen molar-refractivity contribution >= 4 is 15.8 Å². The van der Waals surface area contributed by atoms with Crippen LogP contribution in [0.4, 0.5) is 5.82 Å². The number of sulfonamides is 1. The van der Waals surface area contributed by atoms with Crippen LogP contribution in [0.15, 0.2) is 23.2 Å². The number of aromatic nitrogens is 1. The normalized spacial score (nSPS) is 11.6. The maximum Gasteiger partial charge on any atom is 0.240 e. The Morgan fingerprint density at radius 1 is 1.44 bits per heavy atom. The third-order valence-electron chi connectivity index (χ3n) is 2.24. The lowest BCUT2D eigenvalue weighted by molar-refractivity contribution is 0.136. The lowest BCUT2D eigenvalue weighted by Crippen LogP contribution is -2.27. The predicted molar refractivity (Wildman–Crippen MR) is 69.6 cm³/mol. The zero-order valence-corrected chi connectivity index (χ0v) is 11.2. The third-order valence-corrected chi connectivity index (χ3v) is 3.70. The van der Waals surface area contributed by atoms with Crippen LogP contribution in [0.2, 0.25) is 0 Å². The van der Waals surface area contributed by atoms with E-state index in [1.165, 1.54) is 18.3 Å². The molecule has 102 valence electrons. The summed E-state index contributed by atoms with van der Waals surface area (Å²) in [6, 6.07) is 2.72. The van der Waals surface area contributed by atoms with Gasteiger partial charge in [-0.1, -0.05) is 13.3 Å². The van der Waals surface area contributed by atoms with Crippen molar-refractivity contribution in [2.75, 3.05) is 25.5 Å². The first-order valence-electron chi connectivity index (χ1n) is 5.85. The Bertz CT molecular complexity index is 462. The Labute approximate surface area is 108 Å².